The van der Waals surface area contributed by atoms with E-state index >= 15 is 0 Å². The number of rotatable bonds is 4. The van der Waals surface area contributed by atoms with E-state index in [1.165, 1.54) is 12.4 Å². The minimum absolute atomic E-state index is 0. The van der Waals surface area contributed by atoms with Crippen LogP contribution in [0.15, 0.2) is 12.4 Å². The molecule has 1 aliphatic heterocycles. The van der Waals surface area contributed by atoms with Gasteiger partial charge >= 0.3 is 6.18 Å². The summed E-state index contributed by atoms with van der Waals surface area (Å²) in [4.78, 5) is 2.25. The highest BCUT2D eigenvalue weighted by atomic mass is 35.5. The first-order chi connectivity index (χ1) is 8.96. The zero-order valence-electron chi connectivity index (χ0n) is 11.4. The Hall–Kier alpha value is -0.790. The van der Waals surface area contributed by atoms with Crippen LogP contribution in [-0.4, -0.2) is 47.0 Å². The molecule has 0 bridgehead atoms. The molecular weight excluding hydrogens is 293 g/mol. The van der Waals surface area contributed by atoms with Gasteiger partial charge in [-0.15, -0.1) is 12.4 Å². The lowest BCUT2D eigenvalue weighted by Crippen LogP contribution is -2.43. The van der Waals surface area contributed by atoms with Crippen molar-refractivity contribution >= 4 is 12.4 Å². The maximum atomic E-state index is 12.2. The van der Waals surface area contributed by atoms with E-state index in [1.54, 1.807) is 0 Å². The lowest BCUT2D eigenvalue weighted by Gasteiger charge is -2.32. The lowest BCUT2D eigenvalue weighted by molar-refractivity contribution is -0.142. The van der Waals surface area contributed by atoms with Gasteiger partial charge in [-0.3, -0.25) is 9.58 Å². The maximum Gasteiger partial charge on any atom is 0.408 e. The molecule has 1 aromatic heterocycles. The maximum absolute atomic E-state index is 12.2. The van der Waals surface area contributed by atoms with Crippen molar-refractivity contribution < 1.29 is 13.2 Å². The van der Waals surface area contributed by atoms with Crippen molar-refractivity contribution in [2.24, 2.45) is 0 Å². The summed E-state index contributed by atoms with van der Waals surface area (Å²) in [6.07, 6.45) is 1.05. The third kappa shape index (κ3) is 5.30. The second-order valence-electron chi connectivity index (χ2n) is 5.02. The predicted molar refractivity (Wildman–Crippen MR) is 72.9 cm³/mol. The van der Waals surface area contributed by atoms with Crippen LogP contribution in [0.4, 0.5) is 13.2 Å². The highest BCUT2D eigenvalue weighted by Crippen LogP contribution is 2.18. The highest BCUT2D eigenvalue weighted by Gasteiger charge is 2.28. The predicted octanol–water partition coefficient (Wildman–Crippen LogP) is 2.05. The molecule has 1 atom stereocenters. The largest absolute Gasteiger partial charge is 0.408 e. The molecule has 1 N–H and O–H groups in total. The van der Waals surface area contributed by atoms with Gasteiger partial charge in [-0.1, -0.05) is 0 Å². The number of halogens is 4. The number of aromatic nitrogens is 2. The zero-order chi connectivity index (χ0) is 13.9. The molecule has 116 valence electrons. The first-order valence-electron chi connectivity index (χ1n) is 6.44. The Balaban J connectivity index is 0.00000200. The number of nitrogens with one attached hydrogen (secondary N) is 1. The van der Waals surface area contributed by atoms with E-state index in [-0.39, 0.29) is 12.4 Å². The number of piperidine rings is 1. The smallest absolute Gasteiger partial charge is 0.316 e. The molecule has 0 amide bonds. The summed E-state index contributed by atoms with van der Waals surface area (Å²) in [7, 11) is 1.94. The van der Waals surface area contributed by atoms with Gasteiger partial charge < -0.3 is 5.32 Å². The average molecular weight is 313 g/mol. The lowest BCUT2D eigenvalue weighted by atomic mass is 10.1. The van der Waals surface area contributed by atoms with Crippen molar-refractivity contribution in [2.75, 3.05) is 20.1 Å². The number of likely N-dealkylation sites (tertiary alicyclic amines) is 1. The Bertz CT molecular complexity index is 408. The summed E-state index contributed by atoms with van der Waals surface area (Å²) in [6.45, 7) is 1.56. The third-order valence-corrected chi connectivity index (χ3v) is 3.35. The van der Waals surface area contributed by atoms with Gasteiger partial charge in [-0.2, -0.15) is 18.3 Å². The van der Waals surface area contributed by atoms with E-state index < -0.39 is 12.7 Å². The Morgan fingerprint density at radius 1 is 1.45 bits per heavy atom. The molecule has 2 rings (SSSR count). The molecular formula is C12H20ClF3N4. The SMILES string of the molecule is CNC1CCCN(Cc2cnn(CC(F)(F)F)c2)C1.Cl. The summed E-state index contributed by atoms with van der Waals surface area (Å²) in [5.74, 6) is 0. The Morgan fingerprint density at radius 2 is 2.20 bits per heavy atom. The normalized spacial score (nSPS) is 20.7. The standard InChI is InChI=1S/C12H19F3N4.ClH/c1-16-11-3-2-4-18(8-11)6-10-5-17-19(7-10)9-12(13,14)15;/h5,7,11,16H,2-4,6,8-9H2,1H3;1H. The van der Waals surface area contributed by atoms with Gasteiger partial charge in [0.1, 0.15) is 6.54 Å². The van der Waals surface area contributed by atoms with Crippen LogP contribution in [0.1, 0.15) is 18.4 Å². The van der Waals surface area contributed by atoms with Crippen LogP contribution in [0.3, 0.4) is 0 Å². The van der Waals surface area contributed by atoms with Gasteiger partial charge in [0.05, 0.1) is 6.20 Å². The van der Waals surface area contributed by atoms with E-state index in [9.17, 15) is 13.2 Å². The van der Waals surface area contributed by atoms with Gasteiger partial charge in [0.2, 0.25) is 0 Å². The van der Waals surface area contributed by atoms with Gasteiger partial charge in [-0.05, 0) is 26.4 Å². The summed E-state index contributed by atoms with van der Waals surface area (Å²) >= 11 is 0. The fraction of sp³-hybridized carbons (Fsp3) is 0.750. The van der Waals surface area contributed by atoms with Crippen molar-refractivity contribution in [2.45, 2.75) is 38.1 Å². The molecule has 1 aliphatic rings. The van der Waals surface area contributed by atoms with E-state index in [0.29, 0.717) is 12.6 Å². The second-order valence-corrected chi connectivity index (χ2v) is 5.02. The summed E-state index contributed by atoms with van der Waals surface area (Å²) < 4.78 is 37.6. The van der Waals surface area contributed by atoms with Crippen molar-refractivity contribution in [3.8, 4) is 0 Å². The highest BCUT2D eigenvalue weighted by molar-refractivity contribution is 5.85. The molecule has 1 aromatic rings. The first-order valence-corrected chi connectivity index (χ1v) is 6.44. The van der Waals surface area contributed by atoms with Gasteiger partial charge in [0.25, 0.3) is 0 Å². The van der Waals surface area contributed by atoms with Crippen LogP contribution in [0.25, 0.3) is 0 Å². The molecule has 0 radical (unpaired) electrons. The van der Waals surface area contributed by atoms with E-state index in [1.807, 2.05) is 7.05 Å². The number of likely N-dealkylation sites (N-methyl/N-ethyl adjacent to an activating group) is 1. The molecule has 0 spiro atoms. The number of hydrogen-bond donors (Lipinski definition) is 1. The van der Waals surface area contributed by atoms with E-state index in [2.05, 4.69) is 15.3 Å². The van der Waals surface area contributed by atoms with E-state index in [4.69, 9.17) is 0 Å². The second kappa shape index (κ2) is 7.28. The number of nitrogens with zero attached hydrogens (tertiary/aromatic N) is 3. The molecule has 1 unspecified atom stereocenters. The number of alkyl halides is 3. The summed E-state index contributed by atoms with van der Waals surface area (Å²) in [5, 5.41) is 7.01. The third-order valence-electron chi connectivity index (χ3n) is 3.35. The van der Waals surface area contributed by atoms with Gasteiger partial charge in [0, 0.05) is 30.9 Å². The Labute approximate surface area is 122 Å². The van der Waals surface area contributed by atoms with Gasteiger partial charge in [0.15, 0.2) is 0 Å². The molecule has 8 heteroatoms. The van der Waals surface area contributed by atoms with Crippen molar-refractivity contribution in [3.05, 3.63) is 18.0 Å². The average Bonchev–Trinajstić information content (AvgIpc) is 2.74. The minimum Gasteiger partial charge on any atom is -0.316 e. The fourth-order valence-electron chi connectivity index (χ4n) is 2.45. The van der Waals surface area contributed by atoms with Crippen LogP contribution in [0, 0.1) is 0 Å². The Kier molecular flexibility index (Phi) is 6.29. The molecule has 0 aromatic carbocycles. The molecule has 0 saturated carbocycles. The van der Waals surface area contributed by atoms with Crippen molar-refractivity contribution in [1.82, 2.24) is 20.0 Å². The molecule has 4 nitrogen and oxygen atoms in total. The van der Waals surface area contributed by atoms with Crippen molar-refractivity contribution in [3.63, 3.8) is 0 Å². The molecule has 20 heavy (non-hydrogen) atoms. The summed E-state index contributed by atoms with van der Waals surface area (Å²) in [5.41, 5.74) is 0.834. The zero-order valence-corrected chi connectivity index (χ0v) is 12.2. The topological polar surface area (TPSA) is 33.1 Å². The quantitative estimate of drug-likeness (QED) is 0.924. The minimum atomic E-state index is -4.22. The molecule has 1 saturated heterocycles. The molecule has 2 heterocycles. The first kappa shape index (κ1) is 17.3. The molecule has 1 fully saturated rings. The van der Waals surface area contributed by atoms with Crippen LogP contribution in [0.2, 0.25) is 0 Å². The van der Waals surface area contributed by atoms with Crippen LogP contribution in [0.5, 0.6) is 0 Å². The van der Waals surface area contributed by atoms with Crippen LogP contribution < -0.4 is 5.32 Å². The Morgan fingerprint density at radius 3 is 2.85 bits per heavy atom. The fourth-order valence-corrected chi connectivity index (χ4v) is 2.45. The monoisotopic (exact) mass is 312 g/mol. The van der Waals surface area contributed by atoms with Crippen LogP contribution in [-0.2, 0) is 13.1 Å². The van der Waals surface area contributed by atoms with E-state index in [0.717, 1.165) is 36.2 Å². The number of hydrogen-bond acceptors (Lipinski definition) is 3. The molecule has 0 aliphatic carbocycles. The van der Waals surface area contributed by atoms with Gasteiger partial charge in [-0.25, -0.2) is 0 Å². The van der Waals surface area contributed by atoms with Crippen LogP contribution >= 0.6 is 12.4 Å². The summed E-state index contributed by atoms with van der Waals surface area (Å²) in [6, 6.07) is 0.471. The van der Waals surface area contributed by atoms with Crippen molar-refractivity contribution in [1.29, 1.82) is 0 Å².